The summed E-state index contributed by atoms with van der Waals surface area (Å²) in [5.74, 6) is -1.34. The van der Waals surface area contributed by atoms with Gasteiger partial charge in [0.1, 0.15) is 18.7 Å². The molecule has 1 heterocycles. The Hall–Kier alpha value is -4.25. The van der Waals surface area contributed by atoms with E-state index in [1.807, 2.05) is 48.5 Å². The van der Waals surface area contributed by atoms with Crippen LogP contribution in [0, 0.1) is 11.3 Å². The number of carboxylic acid groups (broad SMARTS) is 1. The van der Waals surface area contributed by atoms with Crippen molar-refractivity contribution in [3.63, 3.8) is 0 Å². The minimum Gasteiger partial charge on any atom is -0.480 e. The van der Waals surface area contributed by atoms with Gasteiger partial charge in [-0.1, -0.05) is 48.5 Å². The van der Waals surface area contributed by atoms with Crippen LogP contribution in [-0.4, -0.2) is 39.8 Å². The highest BCUT2D eigenvalue weighted by Crippen LogP contribution is 2.44. The lowest BCUT2D eigenvalue weighted by Crippen LogP contribution is -2.43. The number of carbonyl (C=O) groups excluding carboxylic acids is 1. The van der Waals surface area contributed by atoms with Crippen LogP contribution in [0.4, 0.5) is 4.79 Å². The fourth-order valence-electron chi connectivity index (χ4n) is 3.74. The van der Waals surface area contributed by atoms with Crippen LogP contribution in [0.2, 0.25) is 0 Å². The van der Waals surface area contributed by atoms with Gasteiger partial charge in [-0.3, -0.25) is 0 Å². The molecule has 8 heteroatoms. The molecule has 0 radical (unpaired) electrons. The largest absolute Gasteiger partial charge is 0.480 e. The molecule has 1 aliphatic rings. The van der Waals surface area contributed by atoms with E-state index in [2.05, 4.69) is 15.3 Å². The second kappa shape index (κ2) is 8.63. The van der Waals surface area contributed by atoms with Crippen LogP contribution in [0.1, 0.15) is 28.4 Å². The third kappa shape index (κ3) is 4.21. The number of fused-ring (bicyclic) bond motifs is 3. The van der Waals surface area contributed by atoms with Crippen molar-refractivity contribution in [1.29, 1.82) is 5.26 Å². The summed E-state index contributed by atoms with van der Waals surface area (Å²) in [4.78, 5) is 31.6. The van der Waals surface area contributed by atoms with E-state index in [1.54, 1.807) is 6.07 Å². The molecule has 1 aliphatic carbocycles. The number of alkyl carbamates (subject to hydrolysis) is 1. The van der Waals surface area contributed by atoms with Crippen LogP contribution in [0.15, 0.2) is 60.9 Å². The summed E-state index contributed by atoms with van der Waals surface area (Å²) >= 11 is 0. The Bertz CT molecular complexity index is 1130. The minimum absolute atomic E-state index is 0.0138. The Morgan fingerprint density at radius 3 is 2.19 bits per heavy atom. The molecule has 0 fully saturated rings. The Balaban J connectivity index is 1.42. The number of rotatable bonds is 6. The summed E-state index contributed by atoms with van der Waals surface area (Å²) in [5.41, 5.74) is 4.83. The van der Waals surface area contributed by atoms with Crippen LogP contribution in [0.25, 0.3) is 11.1 Å². The molecule has 154 valence electrons. The average Bonchev–Trinajstić information content (AvgIpc) is 3.11. The summed E-state index contributed by atoms with van der Waals surface area (Å²) < 4.78 is 5.41. The molecule has 0 bridgehead atoms. The van der Waals surface area contributed by atoms with Crippen LogP contribution >= 0.6 is 0 Å². The number of ether oxygens (including phenoxy) is 1. The molecule has 4 rings (SSSR count). The first-order valence-electron chi connectivity index (χ1n) is 9.62. The summed E-state index contributed by atoms with van der Waals surface area (Å²) in [6.45, 7) is 0.0895. The van der Waals surface area contributed by atoms with Crippen molar-refractivity contribution in [2.24, 2.45) is 0 Å². The van der Waals surface area contributed by atoms with Gasteiger partial charge in [0.05, 0.1) is 0 Å². The summed E-state index contributed by atoms with van der Waals surface area (Å²) in [6.07, 6.45) is 1.87. The van der Waals surface area contributed by atoms with Crippen molar-refractivity contribution >= 4 is 12.1 Å². The summed E-state index contributed by atoms with van der Waals surface area (Å²) in [6, 6.07) is 16.5. The second-order valence-electron chi connectivity index (χ2n) is 7.09. The number of benzene rings is 2. The predicted octanol–water partition coefficient (Wildman–Crippen LogP) is 2.88. The van der Waals surface area contributed by atoms with Gasteiger partial charge in [-0.15, -0.1) is 0 Å². The fourth-order valence-corrected chi connectivity index (χ4v) is 3.74. The minimum atomic E-state index is -1.22. The molecule has 31 heavy (non-hydrogen) atoms. The Morgan fingerprint density at radius 2 is 1.65 bits per heavy atom. The maximum Gasteiger partial charge on any atom is 0.407 e. The van der Waals surface area contributed by atoms with Crippen molar-refractivity contribution in [3.05, 3.63) is 83.4 Å². The number of amides is 1. The van der Waals surface area contributed by atoms with Gasteiger partial charge in [-0.25, -0.2) is 19.6 Å². The van der Waals surface area contributed by atoms with Gasteiger partial charge in [0, 0.05) is 24.7 Å². The van der Waals surface area contributed by atoms with E-state index in [9.17, 15) is 14.7 Å². The lowest BCUT2D eigenvalue weighted by Gasteiger charge is -2.17. The van der Waals surface area contributed by atoms with Crippen molar-refractivity contribution in [2.75, 3.05) is 6.61 Å². The van der Waals surface area contributed by atoms with Crippen molar-refractivity contribution in [3.8, 4) is 17.2 Å². The summed E-state index contributed by atoms with van der Waals surface area (Å²) in [5, 5.41) is 20.6. The van der Waals surface area contributed by atoms with Gasteiger partial charge >= 0.3 is 12.1 Å². The van der Waals surface area contributed by atoms with E-state index in [0.29, 0.717) is 5.56 Å². The van der Waals surface area contributed by atoms with Crippen LogP contribution < -0.4 is 5.32 Å². The number of nitrogens with zero attached hydrogens (tertiary/aromatic N) is 3. The van der Waals surface area contributed by atoms with Gasteiger partial charge in [0.15, 0.2) is 0 Å². The zero-order valence-electron chi connectivity index (χ0n) is 16.4. The van der Waals surface area contributed by atoms with E-state index < -0.39 is 18.1 Å². The highest BCUT2D eigenvalue weighted by Gasteiger charge is 2.29. The van der Waals surface area contributed by atoms with E-state index in [0.717, 1.165) is 22.3 Å². The van der Waals surface area contributed by atoms with E-state index in [4.69, 9.17) is 10.00 Å². The Morgan fingerprint density at radius 1 is 1.06 bits per heavy atom. The number of hydrogen-bond acceptors (Lipinski definition) is 6. The molecular weight excluding hydrogens is 396 g/mol. The van der Waals surface area contributed by atoms with Gasteiger partial charge in [-0.05, 0) is 27.8 Å². The number of carboxylic acids is 1. The number of nitrogens with one attached hydrogen (secondary N) is 1. The third-order valence-electron chi connectivity index (χ3n) is 5.18. The second-order valence-corrected chi connectivity index (χ2v) is 7.09. The summed E-state index contributed by atoms with van der Waals surface area (Å²) in [7, 11) is 0. The van der Waals surface area contributed by atoms with Crippen LogP contribution in [0.5, 0.6) is 0 Å². The van der Waals surface area contributed by atoms with Gasteiger partial charge in [0.25, 0.3) is 0 Å². The lowest BCUT2D eigenvalue weighted by atomic mass is 9.98. The Kier molecular flexibility index (Phi) is 5.58. The number of aliphatic carboxylic acids is 1. The molecule has 2 N–H and O–H groups in total. The predicted molar refractivity (Wildman–Crippen MR) is 110 cm³/mol. The molecular formula is C23H18N4O4. The molecule has 1 aromatic heterocycles. The molecule has 1 amide bonds. The zero-order valence-corrected chi connectivity index (χ0v) is 16.4. The van der Waals surface area contributed by atoms with Crippen LogP contribution in [-0.2, 0) is 16.0 Å². The average molecular weight is 414 g/mol. The highest BCUT2D eigenvalue weighted by atomic mass is 16.5. The highest BCUT2D eigenvalue weighted by molar-refractivity contribution is 5.81. The number of carbonyl (C=O) groups is 2. The van der Waals surface area contributed by atoms with Crippen LogP contribution in [0.3, 0.4) is 0 Å². The first-order chi connectivity index (χ1) is 15.1. The maximum atomic E-state index is 12.4. The van der Waals surface area contributed by atoms with E-state index >= 15 is 0 Å². The maximum absolute atomic E-state index is 12.4. The van der Waals surface area contributed by atoms with Gasteiger partial charge < -0.3 is 15.2 Å². The van der Waals surface area contributed by atoms with E-state index in [1.165, 1.54) is 12.4 Å². The molecule has 3 aromatic rings. The van der Waals surface area contributed by atoms with Crippen molar-refractivity contribution < 1.29 is 19.4 Å². The molecule has 0 unspecified atom stereocenters. The SMILES string of the molecule is N#Cc1ncc(C[C@H](NC(=O)OCC2c3ccccc3-c3ccccc32)C(=O)O)cn1. The van der Waals surface area contributed by atoms with Crippen molar-refractivity contribution in [1.82, 2.24) is 15.3 Å². The molecule has 2 aromatic carbocycles. The van der Waals surface area contributed by atoms with Gasteiger partial charge in [0.2, 0.25) is 5.82 Å². The normalized spacial score (nSPS) is 12.9. The van der Waals surface area contributed by atoms with Crippen molar-refractivity contribution in [2.45, 2.75) is 18.4 Å². The first-order valence-corrected chi connectivity index (χ1v) is 9.62. The molecule has 0 saturated heterocycles. The molecule has 0 aliphatic heterocycles. The topological polar surface area (TPSA) is 125 Å². The monoisotopic (exact) mass is 414 g/mol. The zero-order chi connectivity index (χ0) is 21.8. The van der Waals surface area contributed by atoms with Gasteiger partial charge in [-0.2, -0.15) is 5.26 Å². The molecule has 0 spiro atoms. The quantitative estimate of drug-likeness (QED) is 0.635. The Labute approximate surface area is 178 Å². The number of nitriles is 1. The van der Waals surface area contributed by atoms with E-state index in [-0.39, 0.29) is 24.8 Å². The molecule has 8 nitrogen and oxygen atoms in total. The fraction of sp³-hybridized carbons (Fsp3) is 0.174. The molecule has 0 saturated carbocycles. The number of hydrogen-bond donors (Lipinski definition) is 2. The standard InChI is InChI=1S/C23H18N4O4/c24-10-21-25-11-14(12-26-21)9-20(22(28)29)27-23(30)31-13-19-17-7-3-1-5-15(17)16-6-2-4-8-18(16)19/h1-8,11-12,19-20H,9,13H2,(H,27,30)(H,28,29)/t20-/m0/s1. The molecule has 1 atom stereocenters. The number of aromatic nitrogens is 2. The third-order valence-corrected chi connectivity index (χ3v) is 5.18. The first kappa shape index (κ1) is 20.0. The lowest BCUT2D eigenvalue weighted by molar-refractivity contribution is -0.139. The smallest absolute Gasteiger partial charge is 0.407 e.